The Morgan fingerprint density at radius 1 is 1.10 bits per heavy atom. The van der Waals surface area contributed by atoms with E-state index in [1.165, 1.54) is 0 Å². The Morgan fingerprint density at radius 2 is 1.80 bits per heavy atom. The van der Waals surface area contributed by atoms with E-state index >= 15 is 0 Å². The summed E-state index contributed by atoms with van der Waals surface area (Å²) in [7, 11) is 0. The molecule has 2 rings (SSSR count). The van der Waals surface area contributed by atoms with E-state index in [0.717, 1.165) is 5.56 Å². The quantitative estimate of drug-likeness (QED) is 0.868. The number of ether oxygens (including phenoxy) is 1. The molecule has 0 aromatic heterocycles. The van der Waals surface area contributed by atoms with Gasteiger partial charge in [-0.15, -0.1) is 0 Å². The van der Waals surface area contributed by atoms with Crippen LogP contribution in [0.25, 0.3) is 0 Å². The summed E-state index contributed by atoms with van der Waals surface area (Å²) in [6, 6.07) is 15.2. The van der Waals surface area contributed by atoms with E-state index in [1.807, 2.05) is 30.3 Å². The topological polar surface area (TPSA) is 35.2 Å². The molecule has 2 aromatic carbocycles. The van der Waals surface area contributed by atoms with Gasteiger partial charge in [-0.25, -0.2) is 0 Å². The molecule has 20 heavy (non-hydrogen) atoms. The van der Waals surface area contributed by atoms with Crippen molar-refractivity contribution in [2.45, 2.75) is 13.0 Å². The minimum absolute atomic E-state index is 0.139. The Morgan fingerprint density at radius 3 is 2.40 bits per heavy atom. The zero-order valence-corrected chi connectivity index (χ0v) is 12.7. The number of rotatable bonds is 5. The molecule has 4 heteroatoms. The second-order valence-electron chi connectivity index (χ2n) is 4.74. The SMILES string of the molecule is CC(CN)C(Oc1ccc(Cl)cc1Cl)c1ccccc1. The van der Waals surface area contributed by atoms with Gasteiger partial charge >= 0.3 is 0 Å². The average Bonchev–Trinajstić information content (AvgIpc) is 2.46. The van der Waals surface area contributed by atoms with Gasteiger partial charge in [-0.3, -0.25) is 0 Å². The summed E-state index contributed by atoms with van der Waals surface area (Å²) in [6.07, 6.45) is -0.139. The fourth-order valence-corrected chi connectivity index (χ4v) is 2.44. The van der Waals surface area contributed by atoms with Crippen molar-refractivity contribution in [3.8, 4) is 5.75 Å². The molecule has 2 nitrogen and oxygen atoms in total. The Labute approximate surface area is 129 Å². The van der Waals surface area contributed by atoms with Gasteiger partial charge in [-0.2, -0.15) is 0 Å². The molecule has 0 amide bonds. The van der Waals surface area contributed by atoms with Gasteiger partial charge in [0.15, 0.2) is 0 Å². The lowest BCUT2D eigenvalue weighted by molar-refractivity contribution is 0.148. The Hall–Kier alpha value is -1.22. The summed E-state index contributed by atoms with van der Waals surface area (Å²) in [4.78, 5) is 0. The van der Waals surface area contributed by atoms with Crippen molar-refractivity contribution in [3.05, 3.63) is 64.1 Å². The van der Waals surface area contributed by atoms with Gasteiger partial charge in [0, 0.05) is 10.9 Å². The number of nitrogens with two attached hydrogens (primary N) is 1. The number of halogens is 2. The zero-order valence-electron chi connectivity index (χ0n) is 11.2. The smallest absolute Gasteiger partial charge is 0.138 e. The molecule has 0 heterocycles. The fraction of sp³-hybridized carbons (Fsp3) is 0.250. The van der Waals surface area contributed by atoms with Crippen LogP contribution in [0.3, 0.4) is 0 Å². The van der Waals surface area contributed by atoms with Gasteiger partial charge in [-0.05, 0) is 30.3 Å². The van der Waals surface area contributed by atoms with Crippen molar-refractivity contribution in [1.82, 2.24) is 0 Å². The minimum Gasteiger partial charge on any atom is -0.484 e. The second kappa shape index (κ2) is 6.98. The van der Waals surface area contributed by atoms with Crippen LogP contribution >= 0.6 is 23.2 Å². The lowest BCUT2D eigenvalue weighted by Gasteiger charge is -2.25. The van der Waals surface area contributed by atoms with E-state index in [4.69, 9.17) is 33.7 Å². The first-order valence-electron chi connectivity index (χ1n) is 6.48. The van der Waals surface area contributed by atoms with Crippen molar-refractivity contribution < 1.29 is 4.74 Å². The maximum absolute atomic E-state index is 6.17. The van der Waals surface area contributed by atoms with E-state index in [1.54, 1.807) is 18.2 Å². The van der Waals surface area contributed by atoms with Crippen molar-refractivity contribution in [2.75, 3.05) is 6.54 Å². The molecule has 0 saturated heterocycles. The standard InChI is InChI=1S/C16H17Cl2NO/c1-11(10-19)16(12-5-3-2-4-6-12)20-15-8-7-13(17)9-14(15)18/h2-9,11,16H,10,19H2,1H3. The summed E-state index contributed by atoms with van der Waals surface area (Å²) in [5, 5.41) is 1.09. The highest BCUT2D eigenvalue weighted by Gasteiger charge is 2.21. The average molecular weight is 310 g/mol. The van der Waals surface area contributed by atoms with Gasteiger partial charge < -0.3 is 10.5 Å². The van der Waals surface area contributed by atoms with Gasteiger partial charge in [0.2, 0.25) is 0 Å². The molecule has 0 bridgehead atoms. The molecule has 0 spiro atoms. The number of hydrogen-bond acceptors (Lipinski definition) is 2. The maximum Gasteiger partial charge on any atom is 0.138 e. The third-order valence-electron chi connectivity index (χ3n) is 3.16. The summed E-state index contributed by atoms with van der Waals surface area (Å²) < 4.78 is 6.07. The molecule has 0 aliphatic heterocycles. The fourth-order valence-electron chi connectivity index (χ4n) is 1.99. The third-order valence-corrected chi connectivity index (χ3v) is 3.70. The van der Waals surface area contributed by atoms with E-state index in [9.17, 15) is 0 Å². The van der Waals surface area contributed by atoms with Crippen LogP contribution in [0.2, 0.25) is 10.0 Å². The highest BCUT2D eigenvalue weighted by molar-refractivity contribution is 6.35. The number of hydrogen-bond donors (Lipinski definition) is 1. The predicted octanol–water partition coefficient (Wildman–Crippen LogP) is 4.71. The first kappa shape index (κ1) is 15.2. The molecule has 0 aliphatic rings. The van der Waals surface area contributed by atoms with Crippen molar-refractivity contribution in [3.63, 3.8) is 0 Å². The van der Waals surface area contributed by atoms with Crippen molar-refractivity contribution >= 4 is 23.2 Å². The molecule has 2 N–H and O–H groups in total. The van der Waals surface area contributed by atoms with E-state index in [-0.39, 0.29) is 12.0 Å². The normalized spacial score (nSPS) is 13.8. The van der Waals surface area contributed by atoms with Crippen LogP contribution in [-0.2, 0) is 0 Å². The first-order valence-corrected chi connectivity index (χ1v) is 7.24. The Bertz CT molecular complexity index is 560. The molecule has 0 aliphatic carbocycles. The van der Waals surface area contributed by atoms with E-state index < -0.39 is 0 Å². The Balaban J connectivity index is 2.29. The van der Waals surface area contributed by atoms with E-state index in [2.05, 4.69) is 6.92 Å². The van der Waals surface area contributed by atoms with Gasteiger partial charge in [-0.1, -0.05) is 60.5 Å². The van der Waals surface area contributed by atoms with Crippen molar-refractivity contribution in [1.29, 1.82) is 0 Å². The van der Waals surface area contributed by atoms with Crippen LogP contribution in [0.4, 0.5) is 0 Å². The maximum atomic E-state index is 6.17. The van der Waals surface area contributed by atoms with Gasteiger partial charge in [0.1, 0.15) is 11.9 Å². The molecule has 0 saturated carbocycles. The molecule has 2 aromatic rings. The second-order valence-corrected chi connectivity index (χ2v) is 5.58. The third kappa shape index (κ3) is 3.66. The van der Waals surface area contributed by atoms with E-state index in [0.29, 0.717) is 22.3 Å². The van der Waals surface area contributed by atoms with Gasteiger partial charge in [0.25, 0.3) is 0 Å². The lowest BCUT2D eigenvalue weighted by atomic mass is 9.97. The first-order chi connectivity index (χ1) is 9.61. The molecular formula is C16H17Cl2NO. The van der Waals surface area contributed by atoms with Crippen LogP contribution in [0, 0.1) is 5.92 Å². The lowest BCUT2D eigenvalue weighted by Crippen LogP contribution is -2.23. The van der Waals surface area contributed by atoms with Crippen LogP contribution in [-0.4, -0.2) is 6.54 Å². The summed E-state index contributed by atoms with van der Waals surface area (Å²) in [6.45, 7) is 2.59. The molecule has 2 unspecified atom stereocenters. The number of benzene rings is 2. The highest BCUT2D eigenvalue weighted by atomic mass is 35.5. The van der Waals surface area contributed by atoms with Crippen LogP contribution in [0.1, 0.15) is 18.6 Å². The van der Waals surface area contributed by atoms with Crippen LogP contribution < -0.4 is 10.5 Å². The Kier molecular flexibility index (Phi) is 5.30. The predicted molar refractivity (Wildman–Crippen MR) is 84.5 cm³/mol. The molecule has 106 valence electrons. The largest absolute Gasteiger partial charge is 0.484 e. The molecule has 0 fully saturated rings. The summed E-state index contributed by atoms with van der Waals surface area (Å²) in [5.41, 5.74) is 6.87. The monoisotopic (exact) mass is 309 g/mol. The summed E-state index contributed by atoms with van der Waals surface area (Å²) in [5.74, 6) is 0.786. The zero-order chi connectivity index (χ0) is 14.5. The summed E-state index contributed by atoms with van der Waals surface area (Å²) >= 11 is 12.1. The van der Waals surface area contributed by atoms with Crippen molar-refractivity contribution in [2.24, 2.45) is 11.7 Å². The minimum atomic E-state index is -0.139. The molecule has 2 atom stereocenters. The molecule has 0 radical (unpaired) electrons. The van der Waals surface area contributed by atoms with Crippen LogP contribution in [0.5, 0.6) is 5.75 Å². The van der Waals surface area contributed by atoms with Crippen LogP contribution in [0.15, 0.2) is 48.5 Å². The molecular weight excluding hydrogens is 293 g/mol. The van der Waals surface area contributed by atoms with Gasteiger partial charge in [0.05, 0.1) is 5.02 Å². The highest BCUT2D eigenvalue weighted by Crippen LogP contribution is 2.34.